The smallest absolute Gasteiger partial charge is 0.410 e. The van der Waals surface area contributed by atoms with Crippen LogP contribution in [0.5, 0.6) is 0 Å². The molecule has 0 aromatic carbocycles. The van der Waals surface area contributed by atoms with Crippen LogP contribution in [0.3, 0.4) is 0 Å². The highest BCUT2D eigenvalue weighted by molar-refractivity contribution is 5.68. The van der Waals surface area contributed by atoms with Crippen molar-refractivity contribution >= 4 is 6.09 Å². The molecule has 0 atom stereocenters. The molecule has 1 aliphatic heterocycles. The molecule has 1 fully saturated rings. The van der Waals surface area contributed by atoms with E-state index >= 15 is 0 Å². The Morgan fingerprint density at radius 1 is 1.44 bits per heavy atom. The maximum absolute atomic E-state index is 11.6. The molecule has 1 N–H and O–H groups in total. The molecule has 1 heterocycles. The van der Waals surface area contributed by atoms with Crippen molar-refractivity contribution in [3.63, 3.8) is 0 Å². The van der Waals surface area contributed by atoms with Crippen LogP contribution >= 0.6 is 0 Å². The van der Waals surface area contributed by atoms with E-state index in [-0.39, 0.29) is 12.7 Å². The summed E-state index contributed by atoms with van der Waals surface area (Å²) in [5.74, 6) is 0. The predicted octanol–water partition coefficient (Wildman–Crippen LogP) is 1.33. The summed E-state index contributed by atoms with van der Waals surface area (Å²) < 4.78 is 5.11. The van der Waals surface area contributed by atoms with E-state index in [9.17, 15) is 4.79 Å². The molecule has 0 aromatic heterocycles. The molecule has 0 saturated carbocycles. The molecule has 1 saturated heterocycles. The van der Waals surface area contributed by atoms with Crippen molar-refractivity contribution in [2.45, 2.75) is 0 Å². The van der Waals surface area contributed by atoms with Gasteiger partial charge in [-0.2, -0.15) is 0 Å². The van der Waals surface area contributed by atoms with E-state index in [1.165, 1.54) is 0 Å². The summed E-state index contributed by atoms with van der Waals surface area (Å²) in [4.78, 5) is 13.3. The summed E-state index contributed by atoms with van der Waals surface area (Å²) in [7, 11) is 0. The molecule has 0 unspecified atom stereocenters. The zero-order chi connectivity index (χ0) is 11.8. The topological polar surface area (TPSA) is 41.6 Å². The number of ether oxygens (including phenoxy) is 1. The van der Waals surface area contributed by atoms with Crippen LogP contribution in [0.25, 0.3) is 0 Å². The highest BCUT2D eigenvalue weighted by Gasteiger charge is 2.16. The summed E-state index contributed by atoms with van der Waals surface area (Å²) in [5.41, 5.74) is 0.753. The minimum absolute atomic E-state index is 0.229. The summed E-state index contributed by atoms with van der Waals surface area (Å²) in [6.07, 6.45) is 4.93. The number of amides is 1. The van der Waals surface area contributed by atoms with Crippen molar-refractivity contribution in [1.29, 1.82) is 0 Å². The SMILES string of the molecule is C=C/C=C\C(=C)COC(=O)N1CCNCC1. The monoisotopic (exact) mass is 222 g/mol. The van der Waals surface area contributed by atoms with Gasteiger partial charge in [-0.25, -0.2) is 4.79 Å². The van der Waals surface area contributed by atoms with Crippen LogP contribution in [0.4, 0.5) is 4.79 Å². The molecule has 4 nitrogen and oxygen atoms in total. The molecule has 0 aliphatic carbocycles. The first-order valence-electron chi connectivity index (χ1n) is 5.33. The lowest BCUT2D eigenvalue weighted by Gasteiger charge is -2.26. The average molecular weight is 222 g/mol. The Morgan fingerprint density at radius 3 is 2.75 bits per heavy atom. The summed E-state index contributed by atoms with van der Waals surface area (Å²) in [6.45, 7) is 10.6. The minimum atomic E-state index is -0.269. The Labute approximate surface area is 96.3 Å². The van der Waals surface area contributed by atoms with Gasteiger partial charge in [0.25, 0.3) is 0 Å². The molecule has 1 rings (SSSR count). The van der Waals surface area contributed by atoms with E-state index in [2.05, 4.69) is 18.5 Å². The Hall–Kier alpha value is -1.55. The fourth-order valence-corrected chi connectivity index (χ4v) is 1.35. The van der Waals surface area contributed by atoms with Crippen molar-refractivity contribution in [3.8, 4) is 0 Å². The molecule has 0 radical (unpaired) electrons. The van der Waals surface area contributed by atoms with Gasteiger partial charge in [-0.1, -0.05) is 31.4 Å². The quantitative estimate of drug-likeness (QED) is 0.730. The summed E-state index contributed by atoms with van der Waals surface area (Å²) in [5, 5.41) is 3.17. The molecule has 0 bridgehead atoms. The van der Waals surface area contributed by atoms with Crippen LogP contribution in [0.2, 0.25) is 0 Å². The average Bonchev–Trinajstić information content (AvgIpc) is 2.34. The minimum Gasteiger partial charge on any atom is -0.445 e. The van der Waals surface area contributed by atoms with E-state index in [0.29, 0.717) is 13.1 Å². The van der Waals surface area contributed by atoms with Gasteiger partial charge in [0.2, 0.25) is 0 Å². The molecule has 0 spiro atoms. The fraction of sp³-hybridized carbons (Fsp3) is 0.417. The number of carbonyl (C=O) groups excluding carboxylic acids is 1. The third-order valence-electron chi connectivity index (χ3n) is 2.22. The van der Waals surface area contributed by atoms with Gasteiger partial charge < -0.3 is 15.0 Å². The maximum atomic E-state index is 11.6. The van der Waals surface area contributed by atoms with Crippen LogP contribution in [-0.4, -0.2) is 43.8 Å². The van der Waals surface area contributed by atoms with E-state index in [4.69, 9.17) is 4.74 Å². The fourth-order valence-electron chi connectivity index (χ4n) is 1.35. The van der Waals surface area contributed by atoms with E-state index in [0.717, 1.165) is 18.7 Å². The molecule has 0 aromatic rings. The number of rotatable bonds is 4. The Morgan fingerprint density at radius 2 is 2.12 bits per heavy atom. The van der Waals surface area contributed by atoms with E-state index < -0.39 is 0 Å². The van der Waals surface area contributed by atoms with Crippen LogP contribution in [0, 0.1) is 0 Å². The number of hydrogen-bond donors (Lipinski definition) is 1. The van der Waals surface area contributed by atoms with Gasteiger partial charge in [-0.3, -0.25) is 0 Å². The molecular weight excluding hydrogens is 204 g/mol. The normalized spacial score (nSPS) is 16.1. The van der Waals surface area contributed by atoms with Gasteiger partial charge in [-0.05, 0) is 5.57 Å². The first-order valence-corrected chi connectivity index (χ1v) is 5.33. The highest BCUT2D eigenvalue weighted by Crippen LogP contribution is 2.00. The van der Waals surface area contributed by atoms with Crippen molar-refractivity contribution in [2.75, 3.05) is 32.8 Å². The molecular formula is C12H18N2O2. The van der Waals surface area contributed by atoms with Gasteiger partial charge in [0.05, 0.1) is 0 Å². The van der Waals surface area contributed by atoms with E-state index in [1.54, 1.807) is 23.1 Å². The Kier molecular flexibility index (Phi) is 5.36. The van der Waals surface area contributed by atoms with Gasteiger partial charge in [-0.15, -0.1) is 0 Å². The summed E-state index contributed by atoms with van der Waals surface area (Å²) in [6, 6.07) is 0. The third-order valence-corrected chi connectivity index (χ3v) is 2.22. The number of nitrogens with one attached hydrogen (secondary N) is 1. The first kappa shape index (κ1) is 12.5. The van der Waals surface area contributed by atoms with E-state index in [1.807, 2.05) is 0 Å². The van der Waals surface area contributed by atoms with Crippen LogP contribution in [-0.2, 0) is 4.74 Å². The second kappa shape index (κ2) is 6.85. The van der Waals surface area contributed by atoms with Crippen LogP contribution < -0.4 is 5.32 Å². The van der Waals surface area contributed by atoms with Gasteiger partial charge in [0, 0.05) is 26.2 Å². The zero-order valence-electron chi connectivity index (χ0n) is 9.45. The Balaban J connectivity index is 2.25. The van der Waals surface area contributed by atoms with Crippen LogP contribution in [0.15, 0.2) is 37.0 Å². The number of carbonyl (C=O) groups is 1. The number of nitrogens with zero attached hydrogens (tertiary/aromatic N) is 1. The lowest BCUT2D eigenvalue weighted by molar-refractivity contribution is 0.106. The molecule has 4 heteroatoms. The van der Waals surface area contributed by atoms with Gasteiger partial charge >= 0.3 is 6.09 Å². The van der Waals surface area contributed by atoms with Gasteiger partial charge in [0.1, 0.15) is 6.61 Å². The predicted molar refractivity (Wildman–Crippen MR) is 64.3 cm³/mol. The number of piperazine rings is 1. The molecule has 1 amide bonds. The largest absolute Gasteiger partial charge is 0.445 e. The molecule has 1 aliphatic rings. The second-order valence-electron chi connectivity index (χ2n) is 3.54. The molecule has 88 valence electrons. The Bertz CT molecular complexity index is 291. The highest BCUT2D eigenvalue weighted by atomic mass is 16.6. The lowest BCUT2D eigenvalue weighted by atomic mass is 10.3. The van der Waals surface area contributed by atoms with Crippen molar-refractivity contribution in [1.82, 2.24) is 10.2 Å². The maximum Gasteiger partial charge on any atom is 0.410 e. The van der Waals surface area contributed by atoms with Gasteiger partial charge in [0.15, 0.2) is 0 Å². The lowest BCUT2D eigenvalue weighted by Crippen LogP contribution is -2.46. The van der Waals surface area contributed by atoms with Crippen molar-refractivity contribution in [2.24, 2.45) is 0 Å². The summed E-state index contributed by atoms with van der Waals surface area (Å²) >= 11 is 0. The number of hydrogen-bond acceptors (Lipinski definition) is 3. The van der Waals surface area contributed by atoms with Crippen molar-refractivity contribution < 1.29 is 9.53 Å². The van der Waals surface area contributed by atoms with Crippen LogP contribution in [0.1, 0.15) is 0 Å². The van der Waals surface area contributed by atoms with Crippen molar-refractivity contribution in [3.05, 3.63) is 37.0 Å². The second-order valence-corrected chi connectivity index (χ2v) is 3.54. The number of allylic oxidation sites excluding steroid dienone is 2. The first-order chi connectivity index (χ1) is 7.74. The standard InChI is InChI=1S/C12H18N2O2/c1-3-4-5-11(2)10-16-12(15)14-8-6-13-7-9-14/h3-5,13H,1-2,6-10H2/b5-4-. The zero-order valence-corrected chi connectivity index (χ0v) is 9.45. The molecule has 16 heavy (non-hydrogen) atoms. The third kappa shape index (κ3) is 4.31.